The van der Waals surface area contributed by atoms with E-state index in [1.54, 1.807) is 0 Å². The predicted octanol–water partition coefficient (Wildman–Crippen LogP) is 4.69. The van der Waals surface area contributed by atoms with Gasteiger partial charge >= 0.3 is 5.97 Å². The van der Waals surface area contributed by atoms with Crippen molar-refractivity contribution >= 4 is 29.3 Å². The summed E-state index contributed by atoms with van der Waals surface area (Å²) >= 11 is 8.41. The van der Waals surface area contributed by atoms with Crippen molar-refractivity contribution in [3.05, 3.63) is 21.7 Å². The molecule has 7 heteroatoms. The zero-order valence-electron chi connectivity index (χ0n) is 20.6. The van der Waals surface area contributed by atoms with Crippen LogP contribution in [0, 0.1) is 29.6 Å². The number of aliphatic hydroxyl groups excluding tert-OH is 1. The average molecular weight is 507 g/mol. The van der Waals surface area contributed by atoms with Gasteiger partial charge in [-0.15, -0.1) is 23.4 Å². The normalized spacial score (nSPS) is 48.4. The molecule has 0 spiro atoms. The number of hydrogen-bond donors (Lipinski definition) is 3. The number of alkyl halides is 1. The van der Waals surface area contributed by atoms with Crippen molar-refractivity contribution in [1.82, 2.24) is 10.6 Å². The van der Waals surface area contributed by atoms with Crippen molar-refractivity contribution in [2.45, 2.75) is 107 Å². The smallest absolute Gasteiger partial charge is 0.336 e. The maximum atomic E-state index is 13.6. The molecule has 0 aromatic rings. The molecule has 0 amide bonds. The van der Waals surface area contributed by atoms with Gasteiger partial charge < -0.3 is 20.5 Å². The van der Waals surface area contributed by atoms with Gasteiger partial charge in [-0.05, 0) is 68.8 Å². The summed E-state index contributed by atoms with van der Waals surface area (Å²) in [6.45, 7) is 6.86. The Balaban J connectivity index is 1.44. The van der Waals surface area contributed by atoms with E-state index in [9.17, 15) is 9.90 Å². The number of fused-ring (bicyclic) bond motifs is 5. The van der Waals surface area contributed by atoms with Crippen LogP contribution in [0.5, 0.6) is 0 Å². The summed E-state index contributed by atoms with van der Waals surface area (Å²) in [6, 6.07) is 0.524. The lowest BCUT2D eigenvalue weighted by Crippen LogP contribution is -2.53. The molecular weight excluding hydrogens is 468 g/mol. The molecule has 6 aliphatic rings. The van der Waals surface area contributed by atoms with E-state index < -0.39 is 0 Å². The molecular formula is C27H39ClN2O3S. The summed E-state index contributed by atoms with van der Waals surface area (Å²) in [6.07, 6.45) is 7.14. The second-order valence-corrected chi connectivity index (χ2v) is 13.6. The minimum atomic E-state index is -0.382. The van der Waals surface area contributed by atoms with E-state index in [0.29, 0.717) is 35.6 Å². The maximum Gasteiger partial charge on any atom is 0.336 e. The quantitative estimate of drug-likeness (QED) is 0.372. The van der Waals surface area contributed by atoms with Crippen LogP contribution in [0.4, 0.5) is 0 Å². The number of allylic oxidation sites excluding steroid dienone is 1. The Kier molecular flexibility index (Phi) is 6.27. The minimum Gasteiger partial charge on any atom is -0.458 e. The lowest BCUT2D eigenvalue weighted by molar-refractivity contribution is -0.155. The van der Waals surface area contributed by atoms with Crippen LogP contribution in [0.1, 0.15) is 72.1 Å². The van der Waals surface area contributed by atoms with Crippen molar-refractivity contribution < 1.29 is 14.6 Å². The SMILES string of the molecule is CCC1CC2C3=C(C(=O)OC2CC1O)[C@H](C1CCC(Cl)CC1)NC1=C3SC2NC(C)CC(C)C12. The summed E-state index contributed by atoms with van der Waals surface area (Å²) < 4.78 is 6.10. The van der Waals surface area contributed by atoms with Crippen LogP contribution >= 0.6 is 23.4 Å². The molecule has 4 aliphatic heterocycles. The van der Waals surface area contributed by atoms with Gasteiger partial charge in [0, 0.05) is 40.3 Å². The van der Waals surface area contributed by atoms with E-state index in [0.717, 1.165) is 44.1 Å². The second-order valence-electron chi connectivity index (χ2n) is 11.8. The second kappa shape index (κ2) is 9.00. The minimum absolute atomic E-state index is 0.0178. The van der Waals surface area contributed by atoms with Crippen LogP contribution in [-0.2, 0) is 9.53 Å². The number of aliphatic hydroxyl groups is 1. The van der Waals surface area contributed by atoms with Crippen LogP contribution in [-0.4, -0.2) is 46.1 Å². The highest BCUT2D eigenvalue weighted by Gasteiger charge is 2.54. The summed E-state index contributed by atoms with van der Waals surface area (Å²) in [4.78, 5) is 14.9. The van der Waals surface area contributed by atoms with E-state index in [-0.39, 0.29) is 41.4 Å². The third-order valence-corrected chi connectivity index (χ3v) is 11.5. The van der Waals surface area contributed by atoms with Crippen LogP contribution in [0.3, 0.4) is 0 Å². The summed E-state index contributed by atoms with van der Waals surface area (Å²) in [5, 5.41) is 19.2. The Morgan fingerprint density at radius 3 is 2.62 bits per heavy atom. The Morgan fingerprint density at radius 2 is 1.88 bits per heavy atom. The Hall–Kier alpha value is -0.690. The van der Waals surface area contributed by atoms with Crippen LogP contribution in [0.25, 0.3) is 0 Å². The lowest BCUT2D eigenvalue weighted by atomic mass is 9.67. The molecule has 8 unspecified atom stereocenters. The van der Waals surface area contributed by atoms with Crippen LogP contribution in [0.2, 0.25) is 0 Å². The van der Waals surface area contributed by atoms with E-state index in [2.05, 4.69) is 31.4 Å². The van der Waals surface area contributed by atoms with E-state index in [1.165, 1.54) is 22.6 Å². The largest absolute Gasteiger partial charge is 0.458 e. The fraction of sp³-hybridized carbons (Fsp3) is 0.815. The molecule has 5 nitrogen and oxygen atoms in total. The molecule has 2 aliphatic carbocycles. The summed E-state index contributed by atoms with van der Waals surface area (Å²) in [5.74, 6) is 1.76. The molecule has 34 heavy (non-hydrogen) atoms. The molecule has 4 heterocycles. The van der Waals surface area contributed by atoms with Gasteiger partial charge in [0.25, 0.3) is 0 Å². The van der Waals surface area contributed by atoms with Crippen molar-refractivity contribution in [1.29, 1.82) is 0 Å². The highest BCUT2D eigenvalue weighted by Crippen LogP contribution is 2.57. The summed E-state index contributed by atoms with van der Waals surface area (Å²) in [7, 11) is 0. The Morgan fingerprint density at radius 1 is 1.12 bits per heavy atom. The van der Waals surface area contributed by atoms with Crippen molar-refractivity contribution in [2.24, 2.45) is 29.6 Å². The molecule has 3 fully saturated rings. The van der Waals surface area contributed by atoms with E-state index in [1.807, 2.05) is 11.8 Å². The number of carbonyl (C=O) groups is 1. The molecule has 3 N–H and O–H groups in total. The first kappa shape index (κ1) is 23.7. The highest BCUT2D eigenvalue weighted by atomic mass is 35.5. The van der Waals surface area contributed by atoms with Crippen LogP contribution < -0.4 is 10.6 Å². The van der Waals surface area contributed by atoms with Gasteiger partial charge in [0.1, 0.15) is 6.10 Å². The van der Waals surface area contributed by atoms with Gasteiger partial charge in [0.15, 0.2) is 0 Å². The fourth-order valence-corrected chi connectivity index (χ4v) is 9.98. The summed E-state index contributed by atoms with van der Waals surface area (Å²) in [5.41, 5.74) is 3.56. The molecule has 2 saturated carbocycles. The number of halogens is 1. The zero-order chi connectivity index (χ0) is 23.7. The van der Waals surface area contributed by atoms with E-state index >= 15 is 0 Å². The van der Waals surface area contributed by atoms with Gasteiger partial charge in [-0.25, -0.2) is 4.79 Å². The third-order valence-electron chi connectivity index (χ3n) is 9.66. The standard InChI is InChI=1S/C27H39ClN2O3S/c1-4-14-10-17-19(11-18(14)31)33-27(32)22-21(17)25-24(20-12(2)9-13(3)29-26(20)34-25)30-23(22)15-5-7-16(28)8-6-15/h12-20,23,26,29-31H,4-11H2,1-3H3/t12?,13?,14?,15?,16?,17?,18?,19?,20?,23-,26?/m0/s1. The number of dihydropyridines is 1. The third kappa shape index (κ3) is 3.77. The lowest BCUT2D eigenvalue weighted by Gasteiger charge is -2.47. The molecule has 0 radical (unpaired) electrons. The Labute approximate surface area is 212 Å². The molecule has 1 saturated heterocycles. The fourth-order valence-electron chi connectivity index (χ4n) is 7.91. The maximum absolute atomic E-state index is 13.6. The molecule has 9 atom stereocenters. The number of thioether (sulfide) groups is 1. The number of piperidine rings is 1. The molecule has 6 rings (SSSR count). The topological polar surface area (TPSA) is 70.6 Å². The number of nitrogens with one attached hydrogen (secondary N) is 2. The first-order valence-electron chi connectivity index (χ1n) is 13.6. The van der Waals surface area contributed by atoms with E-state index in [4.69, 9.17) is 16.3 Å². The van der Waals surface area contributed by atoms with Gasteiger partial charge in [-0.2, -0.15) is 0 Å². The van der Waals surface area contributed by atoms with Gasteiger partial charge in [-0.1, -0.05) is 20.3 Å². The van der Waals surface area contributed by atoms with Crippen molar-refractivity contribution in [3.63, 3.8) is 0 Å². The highest BCUT2D eigenvalue weighted by molar-refractivity contribution is 8.04. The molecule has 0 aromatic carbocycles. The van der Waals surface area contributed by atoms with Gasteiger partial charge in [0.2, 0.25) is 0 Å². The first-order valence-corrected chi connectivity index (χ1v) is 14.9. The van der Waals surface area contributed by atoms with Crippen LogP contribution in [0.15, 0.2) is 21.7 Å². The number of rotatable bonds is 2. The molecule has 188 valence electrons. The number of ether oxygens (including phenoxy) is 1. The van der Waals surface area contributed by atoms with Crippen molar-refractivity contribution in [2.75, 3.05) is 0 Å². The molecule has 0 bridgehead atoms. The number of hydrogen-bond acceptors (Lipinski definition) is 6. The first-order chi connectivity index (χ1) is 16.4. The van der Waals surface area contributed by atoms with Gasteiger partial charge in [0.05, 0.1) is 23.1 Å². The average Bonchev–Trinajstić information content (AvgIpc) is 3.17. The number of esters is 1. The van der Waals surface area contributed by atoms with Gasteiger partial charge in [-0.3, -0.25) is 0 Å². The predicted molar refractivity (Wildman–Crippen MR) is 136 cm³/mol. The molecule has 0 aromatic heterocycles. The zero-order valence-corrected chi connectivity index (χ0v) is 22.1. The Bertz CT molecular complexity index is 914. The van der Waals surface area contributed by atoms with Crippen molar-refractivity contribution in [3.8, 4) is 0 Å². The number of carbonyl (C=O) groups excluding carboxylic acids is 1. The monoisotopic (exact) mass is 506 g/mol.